The second kappa shape index (κ2) is 8.45. The van der Waals surface area contributed by atoms with Gasteiger partial charge in [-0.15, -0.1) is 0 Å². The van der Waals surface area contributed by atoms with Crippen LogP contribution in [0, 0.1) is 41.1 Å². The fourth-order valence-corrected chi connectivity index (χ4v) is 4.46. The van der Waals surface area contributed by atoms with Gasteiger partial charge in [0.15, 0.2) is 17.5 Å². The molecule has 3 rings (SSSR count). The van der Waals surface area contributed by atoms with Crippen LogP contribution in [0.1, 0.15) is 67.6 Å². The van der Waals surface area contributed by atoms with E-state index in [2.05, 4.69) is 6.92 Å². The van der Waals surface area contributed by atoms with Crippen molar-refractivity contribution in [2.24, 2.45) is 23.7 Å². The second-order valence-electron chi connectivity index (χ2n) is 8.20. The fraction of sp³-hybridized carbons (Fsp3) is 0.667. The van der Waals surface area contributed by atoms with Crippen LogP contribution in [0.25, 0.3) is 0 Å². The van der Waals surface area contributed by atoms with Crippen LogP contribution in [0.3, 0.4) is 0 Å². The molecular weight excluding hydrogens is 341 g/mol. The molecule has 0 bridgehead atoms. The molecule has 148 valence electrons. The van der Waals surface area contributed by atoms with Crippen molar-refractivity contribution in [2.75, 3.05) is 0 Å². The first kappa shape index (κ1) is 19.2. The van der Waals surface area contributed by atoms with Crippen LogP contribution in [0.5, 0.6) is 5.75 Å². The normalized spacial score (nSPS) is 29.4. The molecule has 0 amide bonds. The Kier molecular flexibility index (Phi) is 6.25. The summed E-state index contributed by atoms with van der Waals surface area (Å²) in [5, 5.41) is 0. The molecule has 1 aromatic carbocycles. The Morgan fingerprint density at radius 1 is 0.962 bits per heavy atom. The summed E-state index contributed by atoms with van der Waals surface area (Å²) in [6.07, 6.45) is 10.1. The molecule has 26 heavy (non-hydrogen) atoms. The van der Waals surface area contributed by atoms with Gasteiger partial charge in [0.05, 0.1) is 5.92 Å². The number of halogens is 3. The topological polar surface area (TPSA) is 26.3 Å². The molecule has 0 N–H and O–H groups in total. The van der Waals surface area contributed by atoms with Gasteiger partial charge in [0.25, 0.3) is 0 Å². The number of hydrogen-bond acceptors (Lipinski definition) is 2. The van der Waals surface area contributed by atoms with E-state index >= 15 is 0 Å². The van der Waals surface area contributed by atoms with Gasteiger partial charge in [0.2, 0.25) is 0 Å². The van der Waals surface area contributed by atoms with Crippen molar-refractivity contribution >= 4 is 5.97 Å². The Labute approximate surface area is 156 Å². The predicted octanol–water partition coefficient (Wildman–Crippen LogP) is 6.52. The highest BCUT2D eigenvalue weighted by atomic mass is 19.2. The Hall–Kier alpha value is -1.52. The highest BCUT2D eigenvalue weighted by molar-refractivity contribution is 5.75. The van der Waals surface area contributed by atoms with Gasteiger partial charge in [-0.25, -0.2) is 13.2 Å². The monoisotopic (exact) mass is 372 g/mol. The molecule has 0 aromatic heterocycles. The zero-order valence-corrected chi connectivity index (χ0v) is 15.3. The lowest BCUT2D eigenvalue weighted by Gasteiger charge is -2.32. The van der Waals surface area contributed by atoms with Gasteiger partial charge >= 0.3 is 5.97 Å². The number of ether oxygens (including phenoxy) is 1. The quantitative estimate of drug-likeness (QED) is 0.341. The molecule has 0 unspecified atom stereocenters. The zero-order chi connectivity index (χ0) is 18.7. The third kappa shape index (κ3) is 4.80. The smallest absolute Gasteiger partial charge is 0.314 e. The standard InChI is InChI=1S/C21H27F3O2.2H2/c1-13-2-4-14(5-3-13)10-15-6-8-16(9-7-15)21(25)26-17-11-18(22)20(24)19(23)12-17;;/h11-16H,2-10H2,1H3;2*1H. The third-order valence-corrected chi connectivity index (χ3v) is 6.16. The van der Waals surface area contributed by atoms with Crippen LogP contribution in [0.4, 0.5) is 13.2 Å². The predicted molar refractivity (Wildman–Crippen MR) is 97.4 cm³/mol. The van der Waals surface area contributed by atoms with Crippen LogP contribution in [-0.4, -0.2) is 5.97 Å². The van der Waals surface area contributed by atoms with Crippen LogP contribution in [0.2, 0.25) is 0 Å². The first-order chi connectivity index (χ1) is 12.4. The lowest BCUT2D eigenvalue weighted by Crippen LogP contribution is -2.27. The molecule has 2 aliphatic rings. The van der Waals surface area contributed by atoms with Crippen molar-refractivity contribution in [3.05, 3.63) is 29.6 Å². The Bertz CT molecular complexity index is 618. The van der Waals surface area contributed by atoms with Crippen molar-refractivity contribution in [3.8, 4) is 5.75 Å². The van der Waals surface area contributed by atoms with Crippen molar-refractivity contribution in [3.63, 3.8) is 0 Å². The number of carbonyl (C=O) groups is 1. The Morgan fingerprint density at radius 3 is 2.00 bits per heavy atom. The van der Waals surface area contributed by atoms with E-state index in [0.29, 0.717) is 18.1 Å². The summed E-state index contributed by atoms with van der Waals surface area (Å²) in [6, 6.07) is 1.43. The van der Waals surface area contributed by atoms with E-state index in [0.717, 1.165) is 37.5 Å². The van der Waals surface area contributed by atoms with E-state index in [-0.39, 0.29) is 14.5 Å². The molecule has 5 heteroatoms. The minimum absolute atomic E-state index is 0. The summed E-state index contributed by atoms with van der Waals surface area (Å²) in [7, 11) is 0. The van der Waals surface area contributed by atoms with E-state index in [9.17, 15) is 18.0 Å². The molecule has 0 heterocycles. The average molecular weight is 372 g/mol. The molecule has 2 aliphatic carbocycles. The Morgan fingerprint density at radius 2 is 1.46 bits per heavy atom. The van der Waals surface area contributed by atoms with E-state index in [1.165, 1.54) is 32.1 Å². The molecule has 0 aliphatic heterocycles. The molecule has 0 saturated heterocycles. The summed E-state index contributed by atoms with van der Waals surface area (Å²) < 4.78 is 44.5. The highest BCUT2D eigenvalue weighted by Crippen LogP contribution is 2.38. The van der Waals surface area contributed by atoms with Gasteiger partial charge in [0.1, 0.15) is 5.75 Å². The van der Waals surface area contributed by atoms with Gasteiger partial charge in [-0.1, -0.05) is 32.6 Å². The SMILES string of the molecule is CC1CCC(CC2CCC(C(=O)Oc3cc(F)c(F)c(F)c3)CC2)CC1.[HH].[HH]. The molecule has 0 atom stereocenters. The van der Waals surface area contributed by atoms with Gasteiger partial charge in [-0.05, 0) is 49.9 Å². The summed E-state index contributed by atoms with van der Waals surface area (Å²) in [4.78, 5) is 12.2. The van der Waals surface area contributed by atoms with Gasteiger partial charge in [0, 0.05) is 15.0 Å². The largest absolute Gasteiger partial charge is 0.426 e. The fourth-order valence-electron chi connectivity index (χ4n) is 4.46. The second-order valence-corrected chi connectivity index (χ2v) is 8.20. The molecule has 2 saturated carbocycles. The van der Waals surface area contributed by atoms with Crippen LogP contribution < -0.4 is 4.74 Å². The van der Waals surface area contributed by atoms with Crippen molar-refractivity contribution in [2.45, 2.75) is 64.7 Å². The molecule has 1 aromatic rings. The van der Waals surface area contributed by atoms with E-state index in [1.54, 1.807) is 0 Å². The summed E-state index contributed by atoms with van der Waals surface area (Å²) in [6.45, 7) is 2.33. The highest BCUT2D eigenvalue weighted by Gasteiger charge is 2.30. The first-order valence-corrected chi connectivity index (χ1v) is 9.78. The van der Waals surface area contributed by atoms with Gasteiger partial charge in [-0.2, -0.15) is 0 Å². The minimum atomic E-state index is -1.55. The number of hydrogen-bond donors (Lipinski definition) is 0. The van der Waals surface area contributed by atoms with Crippen molar-refractivity contribution < 1.29 is 25.6 Å². The molecule has 0 spiro atoms. The summed E-state index contributed by atoms with van der Waals surface area (Å²) >= 11 is 0. The van der Waals surface area contributed by atoms with Crippen LogP contribution in [-0.2, 0) is 4.79 Å². The van der Waals surface area contributed by atoms with E-state index in [4.69, 9.17) is 4.74 Å². The minimum Gasteiger partial charge on any atom is -0.426 e. The average Bonchev–Trinajstić information content (AvgIpc) is 2.62. The van der Waals surface area contributed by atoms with E-state index in [1.807, 2.05) is 0 Å². The molecule has 2 nitrogen and oxygen atoms in total. The Balaban J connectivity index is 0.00000196. The van der Waals surface area contributed by atoms with Crippen molar-refractivity contribution in [1.29, 1.82) is 0 Å². The summed E-state index contributed by atoms with van der Waals surface area (Å²) in [5.74, 6) is -2.89. The number of esters is 1. The van der Waals surface area contributed by atoms with Crippen LogP contribution >= 0.6 is 0 Å². The van der Waals surface area contributed by atoms with Crippen molar-refractivity contribution in [1.82, 2.24) is 0 Å². The number of benzene rings is 1. The van der Waals surface area contributed by atoms with Gasteiger partial charge in [-0.3, -0.25) is 4.79 Å². The van der Waals surface area contributed by atoms with E-state index < -0.39 is 23.4 Å². The van der Waals surface area contributed by atoms with Gasteiger partial charge < -0.3 is 4.74 Å². The lowest BCUT2D eigenvalue weighted by molar-refractivity contribution is -0.140. The molecule has 0 radical (unpaired) electrons. The van der Waals surface area contributed by atoms with Crippen LogP contribution in [0.15, 0.2) is 12.1 Å². The lowest BCUT2D eigenvalue weighted by atomic mass is 9.73. The summed E-state index contributed by atoms with van der Waals surface area (Å²) in [5.41, 5.74) is 0. The zero-order valence-electron chi connectivity index (χ0n) is 15.3. The maximum absolute atomic E-state index is 13.2. The maximum Gasteiger partial charge on any atom is 0.314 e. The third-order valence-electron chi connectivity index (χ3n) is 6.16. The molecular formula is C21H31F3O2. The molecule has 2 fully saturated rings. The number of rotatable bonds is 4. The number of carbonyl (C=O) groups excluding carboxylic acids is 1. The maximum atomic E-state index is 13.2. The first-order valence-electron chi connectivity index (χ1n) is 9.78.